The van der Waals surface area contributed by atoms with E-state index >= 15 is 0 Å². The Labute approximate surface area is 104 Å². The predicted molar refractivity (Wildman–Crippen MR) is 71.3 cm³/mol. The fraction of sp³-hybridized carbons (Fsp3) is 0.600. The molecule has 0 aliphatic carbocycles. The average molecular weight is 233 g/mol. The first-order valence-corrected chi connectivity index (χ1v) is 6.72. The summed E-state index contributed by atoms with van der Waals surface area (Å²) < 4.78 is 5.69. The summed E-state index contributed by atoms with van der Waals surface area (Å²) in [7, 11) is 0. The third kappa shape index (κ3) is 4.49. The average Bonchev–Trinajstić information content (AvgIpc) is 2.36. The number of hydrogen-bond acceptors (Lipinski definition) is 2. The highest BCUT2D eigenvalue weighted by Gasteiger charge is 2.12. The molecule has 0 bridgehead atoms. The molecule has 1 atom stereocenters. The number of hydrogen-bond donors (Lipinski definition) is 1. The summed E-state index contributed by atoms with van der Waals surface area (Å²) in [6.07, 6.45) is 5.33. The second-order valence-corrected chi connectivity index (χ2v) is 4.93. The van der Waals surface area contributed by atoms with Gasteiger partial charge in [-0.05, 0) is 44.7 Å². The summed E-state index contributed by atoms with van der Waals surface area (Å²) in [5.74, 6) is 0. The molecule has 0 radical (unpaired) electrons. The second kappa shape index (κ2) is 6.77. The molecule has 1 heterocycles. The summed E-state index contributed by atoms with van der Waals surface area (Å²) in [5, 5.41) is 3.50. The third-order valence-electron chi connectivity index (χ3n) is 3.32. The predicted octanol–water partition coefficient (Wildman–Crippen LogP) is 2.70. The van der Waals surface area contributed by atoms with Crippen LogP contribution < -0.4 is 5.32 Å². The second-order valence-electron chi connectivity index (χ2n) is 4.93. The summed E-state index contributed by atoms with van der Waals surface area (Å²) in [6, 6.07) is 8.74. The normalized spacial score (nSPS) is 20.4. The van der Waals surface area contributed by atoms with Crippen molar-refractivity contribution in [2.75, 3.05) is 19.7 Å². The molecular weight excluding hydrogens is 210 g/mol. The zero-order valence-corrected chi connectivity index (χ0v) is 10.7. The molecule has 1 aromatic rings. The molecule has 1 saturated heterocycles. The fourth-order valence-corrected chi connectivity index (χ4v) is 2.33. The first kappa shape index (κ1) is 12.6. The first-order valence-electron chi connectivity index (χ1n) is 6.72. The van der Waals surface area contributed by atoms with Gasteiger partial charge in [0.25, 0.3) is 0 Å². The molecule has 2 heteroatoms. The van der Waals surface area contributed by atoms with E-state index in [9.17, 15) is 0 Å². The third-order valence-corrected chi connectivity index (χ3v) is 3.32. The number of ether oxygens (including phenoxy) is 1. The lowest BCUT2D eigenvalue weighted by molar-refractivity contribution is 0.0171. The van der Waals surface area contributed by atoms with Gasteiger partial charge in [0.15, 0.2) is 0 Å². The first-order chi connectivity index (χ1) is 8.34. The maximum absolute atomic E-state index is 5.69. The summed E-state index contributed by atoms with van der Waals surface area (Å²) in [6.45, 7) is 5.14. The van der Waals surface area contributed by atoms with Gasteiger partial charge in [-0.25, -0.2) is 0 Å². The molecule has 2 nitrogen and oxygen atoms in total. The van der Waals surface area contributed by atoms with Crippen molar-refractivity contribution in [2.45, 2.75) is 38.7 Å². The van der Waals surface area contributed by atoms with Gasteiger partial charge in [-0.3, -0.25) is 0 Å². The van der Waals surface area contributed by atoms with Crippen molar-refractivity contribution >= 4 is 0 Å². The molecule has 0 aromatic heterocycles. The van der Waals surface area contributed by atoms with Crippen LogP contribution in [-0.2, 0) is 11.2 Å². The Morgan fingerprint density at radius 2 is 2.29 bits per heavy atom. The minimum atomic E-state index is 0.446. The zero-order chi connectivity index (χ0) is 11.9. The standard InChI is InChI=1S/C15H23NO/c1-13-5-4-6-14(11-13)8-9-16-12-15-7-2-3-10-17-15/h4-6,11,15-16H,2-3,7-10,12H2,1H3. The molecule has 1 aromatic carbocycles. The van der Waals surface area contributed by atoms with Crippen LogP contribution in [0.3, 0.4) is 0 Å². The van der Waals surface area contributed by atoms with Crippen LogP contribution in [0.4, 0.5) is 0 Å². The van der Waals surface area contributed by atoms with E-state index in [0.29, 0.717) is 6.10 Å². The molecule has 1 fully saturated rings. The number of aryl methyl sites for hydroxylation is 1. The summed E-state index contributed by atoms with van der Waals surface area (Å²) in [4.78, 5) is 0. The smallest absolute Gasteiger partial charge is 0.0699 e. The maximum Gasteiger partial charge on any atom is 0.0699 e. The molecule has 1 unspecified atom stereocenters. The van der Waals surface area contributed by atoms with Crippen molar-refractivity contribution in [3.05, 3.63) is 35.4 Å². The molecule has 2 rings (SSSR count). The van der Waals surface area contributed by atoms with Gasteiger partial charge in [-0.2, -0.15) is 0 Å². The van der Waals surface area contributed by atoms with Crippen molar-refractivity contribution in [1.82, 2.24) is 5.32 Å². The minimum absolute atomic E-state index is 0.446. The van der Waals surface area contributed by atoms with Crippen LogP contribution in [0.5, 0.6) is 0 Å². The highest BCUT2D eigenvalue weighted by atomic mass is 16.5. The Morgan fingerprint density at radius 3 is 3.06 bits per heavy atom. The molecular formula is C15H23NO. The molecule has 1 N–H and O–H groups in total. The van der Waals surface area contributed by atoms with Gasteiger partial charge >= 0.3 is 0 Å². The fourth-order valence-electron chi connectivity index (χ4n) is 2.33. The highest BCUT2D eigenvalue weighted by Crippen LogP contribution is 2.11. The minimum Gasteiger partial charge on any atom is -0.377 e. The van der Waals surface area contributed by atoms with Gasteiger partial charge in [0.2, 0.25) is 0 Å². The number of nitrogens with one attached hydrogen (secondary N) is 1. The van der Waals surface area contributed by atoms with Crippen molar-refractivity contribution in [1.29, 1.82) is 0 Å². The Kier molecular flexibility index (Phi) is 5.02. The number of benzene rings is 1. The van der Waals surface area contributed by atoms with Gasteiger partial charge in [0, 0.05) is 13.2 Å². The lowest BCUT2D eigenvalue weighted by Crippen LogP contribution is -2.32. The summed E-state index contributed by atoms with van der Waals surface area (Å²) >= 11 is 0. The Hall–Kier alpha value is -0.860. The van der Waals surface area contributed by atoms with E-state index < -0.39 is 0 Å². The van der Waals surface area contributed by atoms with E-state index in [1.165, 1.54) is 30.4 Å². The van der Waals surface area contributed by atoms with Crippen molar-refractivity contribution in [2.24, 2.45) is 0 Å². The molecule has 0 amide bonds. The Balaban J connectivity index is 1.62. The summed E-state index contributed by atoms with van der Waals surface area (Å²) in [5.41, 5.74) is 2.76. The van der Waals surface area contributed by atoms with E-state index in [0.717, 1.165) is 26.1 Å². The van der Waals surface area contributed by atoms with E-state index in [4.69, 9.17) is 4.74 Å². The van der Waals surface area contributed by atoms with Crippen molar-refractivity contribution in [3.63, 3.8) is 0 Å². The maximum atomic E-state index is 5.69. The lowest BCUT2D eigenvalue weighted by Gasteiger charge is -2.22. The highest BCUT2D eigenvalue weighted by molar-refractivity contribution is 5.22. The quantitative estimate of drug-likeness (QED) is 0.790. The monoisotopic (exact) mass is 233 g/mol. The molecule has 0 spiro atoms. The van der Waals surface area contributed by atoms with Crippen LogP contribution in [0.25, 0.3) is 0 Å². The number of rotatable bonds is 5. The van der Waals surface area contributed by atoms with Crippen LogP contribution in [0.1, 0.15) is 30.4 Å². The van der Waals surface area contributed by atoms with E-state index in [1.54, 1.807) is 0 Å². The topological polar surface area (TPSA) is 21.3 Å². The van der Waals surface area contributed by atoms with Gasteiger partial charge in [0.05, 0.1) is 6.10 Å². The lowest BCUT2D eigenvalue weighted by atomic mass is 10.1. The van der Waals surface area contributed by atoms with Crippen molar-refractivity contribution < 1.29 is 4.74 Å². The molecule has 17 heavy (non-hydrogen) atoms. The van der Waals surface area contributed by atoms with Crippen LogP contribution in [0, 0.1) is 6.92 Å². The van der Waals surface area contributed by atoms with E-state index in [-0.39, 0.29) is 0 Å². The SMILES string of the molecule is Cc1cccc(CCNCC2CCCCO2)c1. The van der Waals surface area contributed by atoms with Gasteiger partial charge < -0.3 is 10.1 Å². The van der Waals surface area contributed by atoms with Crippen LogP contribution in [0.15, 0.2) is 24.3 Å². The van der Waals surface area contributed by atoms with Crippen LogP contribution in [0.2, 0.25) is 0 Å². The largest absolute Gasteiger partial charge is 0.377 e. The van der Waals surface area contributed by atoms with Crippen LogP contribution in [-0.4, -0.2) is 25.8 Å². The van der Waals surface area contributed by atoms with E-state index in [2.05, 4.69) is 36.5 Å². The van der Waals surface area contributed by atoms with Crippen LogP contribution >= 0.6 is 0 Å². The molecule has 1 aliphatic rings. The molecule has 1 aliphatic heterocycles. The van der Waals surface area contributed by atoms with Gasteiger partial charge in [-0.15, -0.1) is 0 Å². The molecule has 0 saturated carbocycles. The Morgan fingerprint density at radius 1 is 1.35 bits per heavy atom. The Bertz CT molecular complexity index is 331. The van der Waals surface area contributed by atoms with Gasteiger partial charge in [0.1, 0.15) is 0 Å². The van der Waals surface area contributed by atoms with E-state index in [1.807, 2.05) is 0 Å². The van der Waals surface area contributed by atoms with Crippen molar-refractivity contribution in [3.8, 4) is 0 Å². The zero-order valence-electron chi connectivity index (χ0n) is 10.7. The molecule has 94 valence electrons. The van der Waals surface area contributed by atoms with Gasteiger partial charge in [-0.1, -0.05) is 29.8 Å².